The maximum Gasteiger partial charge on any atom is 0.174 e. The third-order valence-corrected chi connectivity index (χ3v) is 6.20. The fourth-order valence-electron chi connectivity index (χ4n) is 3.36. The molecule has 0 fully saturated rings. The van der Waals surface area contributed by atoms with Crippen molar-refractivity contribution in [1.82, 2.24) is 0 Å². The van der Waals surface area contributed by atoms with Gasteiger partial charge in [-0.3, -0.25) is 0 Å². The highest BCUT2D eigenvalue weighted by Crippen LogP contribution is 2.35. The fraction of sp³-hybridized carbons (Fsp3) is 0.143. The molecule has 4 aromatic carbocycles. The van der Waals surface area contributed by atoms with Crippen molar-refractivity contribution in [2.24, 2.45) is 0 Å². The summed E-state index contributed by atoms with van der Waals surface area (Å²) in [6.45, 7) is 3.55. The minimum absolute atomic E-state index is 0.380. The normalized spacial score (nSPS) is 10.6. The molecule has 0 unspecified atom stereocenters. The fourth-order valence-corrected chi connectivity index (χ4v) is 4.37. The van der Waals surface area contributed by atoms with E-state index in [1.807, 2.05) is 91.9 Å². The number of rotatable bonds is 10. The third kappa shape index (κ3) is 6.58. The van der Waals surface area contributed by atoms with Gasteiger partial charge in [0.2, 0.25) is 0 Å². The first-order valence-corrected chi connectivity index (χ1v) is 12.5. The van der Waals surface area contributed by atoms with Crippen LogP contribution in [0.1, 0.15) is 18.1 Å². The number of para-hydroxylation sites is 1. The zero-order valence-corrected chi connectivity index (χ0v) is 21.7. The van der Waals surface area contributed by atoms with Gasteiger partial charge in [-0.25, -0.2) is 0 Å². The molecule has 6 heteroatoms. The lowest BCUT2D eigenvalue weighted by Crippen LogP contribution is -2.05. The van der Waals surface area contributed by atoms with Gasteiger partial charge in [-0.2, -0.15) is 0 Å². The third-order valence-electron chi connectivity index (χ3n) is 5.03. The second-order valence-corrected chi connectivity index (χ2v) is 9.08. The molecule has 0 heterocycles. The summed E-state index contributed by atoms with van der Waals surface area (Å²) in [5, 5.41) is 4.15. The van der Waals surface area contributed by atoms with Crippen LogP contribution in [-0.2, 0) is 13.2 Å². The van der Waals surface area contributed by atoms with E-state index >= 15 is 0 Å². The van der Waals surface area contributed by atoms with Crippen LogP contribution < -0.4 is 19.5 Å². The zero-order chi connectivity index (χ0) is 23.8. The molecule has 4 rings (SSSR count). The number of ether oxygens (including phenoxy) is 3. The average molecular weight is 586 g/mol. The summed E-state index contributed by atoms with van der Waals surface area (Å²) in [7, 11) is 0. The SMILES string of the molecule is CCOc1cc(CNc2ccc(Oc3ccccc3)cc2)cc(I)c1OCc1ccccc1Cl. The smallest absolute Gasteiger partial charge is 0.174 e. The minimum atomic E-state index is 0.380. The summed E-state index contributed by atoms with van der Waals surface area (Å²) in [6, 6.07) is 29.5. The summed E-state index contributed by atoms with van der Waals surface area (Å²) in [6.07, 6.45) is 0. The Morgan fingerprint density at radius 3 is 2.26 bits per heavy atom. The van der Waals surface area contributed by atoms with E-state index < -0.39 is 0 Å². The summed E-state index contributed by atoms with van der Waals surface area (Å²) in [4.78, 5) is 0. The number of benzene rings is 4. The van der Waals surface area contributed by atoms with E-state index in [4.69, 9.17) is 25.8 Å². The number of anilines is 1. The van der Waals surface area contributed by atoms with Crippen molar-refractivity contribution in [3.05, 3.63) is 111 Å². The second-order valence-electron chi connectivity index (χ2n) is 7.51. The van der Waals surface area contributed by atoms with Crippen LogP contribution in [0.4, 0.5) is 5.69 Å². The molecule has 0 aromatic heterocycles. The Labute approximate surface area is 219 Å². The summed E-state index contributed by atoms with van der Waals surface area (Å²) >= 11 is 8.57. The van der Waals surface area contributed by atoms with E-state index in [2.05, 4.69) is 34.0 Å². The molecule has 4 aromatic rings. The van der Waals surface area contributed by atoms with Gasteiger partial charge in [0.1, 0.15) is 18.1 Å². The molecule has 0 spiro atoms. The van der Waals surface area contributed by atoms with Gasteiger partial charge in [0.05, 0.1) is 10.2 Å². The molecular formula is C28H25ClINO3. The summed E-state index contributed by atoms with van der Waals surface area (Å²) in [5.74, 6) is 3.07. The minimum Gasteiger partial charge on any atom is -0.490 e. The number of hydrogen-bond donors (Lipinski definition) is 1. The van der Waals surface area contributed by atoms with Gasteiger partial charge in [-0.15, -0.1) is 0 Å². The number of nitrogens with one attached hydrogen (secondary N) is 1. The van der Waals surface area contributed by atoms with Gasteiger partial charge in [0, 0.05) is 22.8 Å². The molecule has 0 radical (unpaired) electrons. The molecule has 0 aliphatic rings. The number of hydrogen-bond acceptors (Lipinski definition) is 4. The van der Waals surface area contributed by atoms with Crippen LogP contribution in [0.5, 0.6) is 23.0 Å². The molecular weight excluding hydrogens is 561 g/mol. The first kappa shape index (κ1) is 24.2. The molecule has 0 saturated carbocycles. The first-order chi connectivity index (χ1) is 16.6. The topological polar surface area (TPSA) is 39.7 Å². The van der Waals surface area contributed by atoms with Crippen molar-refractivity contribution in [3.63, 3.8) is 0 Å². The predicted molar refractivity (Wildman–Crippen MR) is 146 cm³/mol. The van der Waals surface area contributed by atoms with E-state index in [1.54, 1.807) is 0 Å². The molecule has 1 N–H and O–H groups in total. The summed E-state index contributed by atoms with van der Waals surface area (Å²) < 4.78 is 18.9. The molecule has 0 bridgehead atoms. The van der Waals surface area contributed by atoms with Crippen molar-refractivity contribution >= 4 is 39.9 Å². The molecule has 0 aliphatic heterocycles. The standard InChI is InChI=1S/C28H25ClINO3/c1-2-32-27-17-20(16-26(30)28(27)33-19-21-8-6-7-11-25(21)29)18-31-22-12-14-24(15-13-22)34-23-9-4-3-5-10-23/h3-17,31H,2,18-19H2,1H3. The molecule has 0 saturated heterocycles. The van der Waals surface area contributed by atoms with Gasteiger partial charge >= 0.3 is 0 Å². The highest BCUT2D eigenvalue weighted by molar-refractivity contribution is 14.1. The van der Waals surface area contributed by atoms with Crippen LogP contribution >= 0.6 is 34.2 Å². The van der Waals surface area contributed by atoms with Crippen molar-refractivity contribution in [2.75, 3.05) is 11.9 Å². The van der Waals surface area contributed by atoms with Crippen molar-refractivity contribution in [3.8, 4) is 23.0 Å². The van der Waals surface area contributed by atoms with Gasteiger partial charge in [0.15, 0.2) is 11.5 Å². The Morgan fingerprint density at radius 2 is 1.53 bits per heavy atom. The predicted octanol–water partition coefficient (Wildman–Crippen LogP) is 8.33. The van der Waals surface area contributed by atoms with E-state index in [1.165, 1.54) is 0 Å². The molecule has 0 aliphatic carbocycles. The highest BCUT2D eigenvalue weighted by Gasteiger charge is 2.13. The van der Waals surface area contributed by atoms with E-state index in [0.29, 0.717) is 24.8 Å². The van der Waals surface area contributed by atoms with Crippen molar-refractivity contribution in [1.29, 1.82) is 0 Å². The highest BCUT2D eigenvalue weighted by atomic mass is 127. The lowest BCUT2D eigenvalue weighted by Gasteiger charge is -2.16. The van der Waals surface area contributed by atoms with Crippen LogP contribution in [0.3, 0.4) is 0 Å². The van der Waals surface area contributed by atoms with Crippen LogP contribution in [0.25, 0.3) is 0 Å². The first-order valence-electron chi connectivity index (χ1n) is 11.0. The average Bonchev–Trinajstić information content (AvgIpc) is 2.85. The zero-order valence-electron chi connectivity index (χ0n) is 18.8. The van der Waals surface area contributed by atoms with Crippen LogP contribution in [0, 0.1) is 3.57 Å². The van der Waals surface area contributed by atoms with Gasteiger partial charge < -0.3 is 19.5 Å². The van der Waals surface area contributed by atoms with E-state index in [0.717, 1.165) is 43.4 Å². The van der Waals surface area contributed by atoms with Crippen LogP contribution in [0.2, 0.25) is 5.02 Å². The monoisotopic (exact) mass is 585 g/mol. The Balaban J connectivity index is 1.41. The Hall–Kier alpha value is -2.90. The van der Waals surface area contributed by atoms with Gasteiger partial charge in [-0.05, 0) is 89.7 Å². The molecule has 4 nitrogen and oxygen atoms in total. The van der Waals surface area contributed by atoms with Gasteiger partial charge in [0.25, 0.3) is 0 Å². The van der Waals surface area contributed by atoms with Crippen LogP contribution in [0.15, 0.2) is 91.0 Å². The van der Waals surface area contributed by atoms with E-state index in [9.17, 15) is 0 Å². The maximum absolute atomic E-state index is 6.28. The lowest BCUT2D eigenvalue weighted by atomic mass is 10.2. The maximum atomic E-state index is 6.28. The molecule has 34 heavy (non-hydrogen) atoms. The lowest BCUT2D eigenvalue weighted by molar-refractivity contribution is 0.267. The number of halogens is 2. The Bertz CT molecular complexity index is 1220. The van der Waals surface area contributed by atoms with E-state index in [-0.39, 0.29) is 0 Å². The summed E-state index contributed by atoms with van der Waals surface area (Å²) in [5.41, 5.74) is 3.04. The van der Waals surface area contributed by atoms with Gasteiger partial charge in [-0.1, -0.05) is 48.0 Å². The largest absolute Gasteiger partial charge is 0.490 e. The molecule has 0 atom stereocenters. The quantitative estimate of drug-likeness (QED) is 0.190. The molecule has 174 valence electrons. The Kier molecular flexibility index (Phi) is 8.55. The molecule has 0 amide bonds. The second kappa shape index (κ2) is 12.0. The van der Waals surface area contributed by atoms with Crippen molar-refractivity contribution < 1.29 is 14.2 Å². The van der Waals surface area contributed by atoms with Crippen LogP contribution in [-0.4, -0.2) is 6.61 Å². The van der Waals surface area contributed by atoms with Crippen molar-refractivity contribution in [2.45, 2.75) is 20.1 Å². The Morgan fingerprint density at radius 1 is 0.824 bits per heavy atom.